The van der Waals surface area contributed by atoms with Gasteiger partial charge in [0.25, 0.3) is 0 Å². The highest BCUT2D eigenvalue weighted by molar-refractivity contribution is 14.0. The summed E-state index contributed by atoms with van der Waals surface area (Å²) < 4.78 is 25.1. The molecule has 0 spiro atoms. The molecule has 2 rings (SSSR count). The first-order valence-corrected chi connectivity index (χ1v) is 10.3. The third-order valence-corrected chi connectivity index (χ3v) is 7.10. The molecule has 1 saturated heterocycles. The molecule has 1 aromatic heterocycles. The van der Waals surface area contributed by atoms with Gasteiger partial charge >= 0.3 is 0 Å². The van der Waals surface area contributed by atoms with Crippen molar-refractivity contribution in [2.45, 2.75) is 38.0 Å². The number of rotatable bonds is 5. The van der Waals surface area contributed by atoms with E-state index >= 15 is 0 Å². The Bertz CT molecular complexity index is 774. The number of aromatic nitrogens is 1. The highest BCUT2D eigenvalue weighted by Crippen LogP contribution is 2.23. The van der Waals surface area contributed by atoms with Crippen molar-refractivity contribution in [3.63, 3.8) is 0 Å². The lowest BCUT2D eigenvalue weighted by Crippen LogP contribution is -2.57. The molecule has 0 atom stereocenters. The van der Waals surface area contributed by atoms with Crippen molar-refractivity contribution in [3.8, 4) is 0 Å². The third kappa shape index (κ3) is 5.70. The van der Waals surface area contributed by atoms with Crippen LogP contribution in [0.15, 0.2) is 34.2 Å². The predicted octanol–water partition coefficient (Wildman–Crippen LogP) is 1.33. The van der Waals surface area contributed by atoms with E-state index in [0.29, 0.717) is 19.6 Å². The van der Waals surface area contributed by atoms with E-state index in [4.69, 9.17) is 0 Å². The van der Waals surface area contributed by atoms with Gasteiger partial charge in [0.05, 0.1) is 10.5 Å². The number of nitrogens with zero attached hydrogens (tertiary/aromatic N) is 3. The molecule has 1 fully saturated rings. The van der Waals surface area contributed by atoms with E-state index < -0.39 is 14.6 Å². The molecule has 0 aromatic carbocycles. The van der Waals surface area contributed by atoms with Crippen molar-refractivity contribution >= 4 is 39.8 Å². The van der Waals surface area contributed by atoms with Crippen molar-refractivity contribution in [1.29, 1.82) is 0 Å². The van der Waals surface area contributed by atoms with Gasteiger partial charge < -0.3 is 14.8 Å². The molecule has 1 aliphatic heterocycles. The van der Waals surface area contributed by atoms with Gasteiger partial charge in [-0.2, -0.15) is 0 Å². The molecule has 2 heterocycles. The summed E-state index contributed by atoms with van der Waals surface area (Å²) in [6, 6.07) is 5.16. The number of nitrogens with one attached hydrogen (secondary N) is 1. The topological polar surface area (TPSA) is 83.8 Å². The number of unbranched alkanes of at least 4 members (excludes halogenated alkanes) is 1. The molecule has 1 N–H and O–H groups in total. The Balaban J connectivity index is 0.00000338. The van der Waals surface area contributed by atoms with Gasteiger partial charge in [0, 0.05) is 45.5 Å². The van der Waals surface area contributed by atoms with Gasteiger partial charge in [-0.05, 0) is 32.8 Å². The summed E-state index contributed by atoms with van der Waals surface area (Å²) in [5, 5.41) is 3.30. The molecule has 1 aliphatic rings. The van der Waals surface area contributed by atoms with Gasteiger partial charge in [0.15, 0.2) is 15.8 Å². The molecule has 26 heavy (non-hydrogen) atoms. The zero-order valence-electron chi connectivity index (χ0n) is 15.6. The smallest absolute Gasteiger partial charge is 0.250 e. The summed E-state index contributed by atoms with van der Waals surface area (Å²) >= 11 is 0. The monoisotopic (exact) mass is 496 g/mol. The summed E-state index contributed by atoms with van der Waals surface area (Å²) in [4.78, 5) is 17.9. The van der Waals surface area contributed by atoms with Crippen LogP contribution in [0.2, 0.25) is 0 Å². The van der Waals surface area contributed by atoms with E-state index in [-0.39, 0.29) is 35.3 Å². The summed E-state index contributed by atoms with van der Waals surface area (Å²) in [5.41, 5.74) is 0.0167. The van der Waals surface area contributed by atoms with Gasteiger partial charge in [0.2, 0.25) is 5.56 Å². The molecule has 9 heteroatoms. The second-order valence-corrected chi connectivity index (χ2v) is 9.66. The average molecular weight is 496 g/mol. The number of hydrogen-bond donors (Lipinski definition) is 1. The average Bonchev–Trinajstić information content (AvgIpc) is 2.55. The molecule has 1 aromatic rings. The summed E-state index contributed by atoms with van der Waals surface area (Å²) in [5.74, 6) is 0.886. The number of pyridine rings is 1. The van der Waals surface area contributed by atoms with Crippen LogP contribution in [0.25, 0.3) is 0 Å². The fraction of sp³-hybridized carbons (Fsp3) is 0.647. The first-order valence-electron chi connectivity index (χ1n) is 8.60. The highest BCUT2D eigenvalue weighted by Gasteiger charge is 2.40. The second kappa shape index (κ2) is 9.72. The lowest BCUT2D eigenvalue weighted by molar-refractivity contribution is 0.353. The first-order chi connectivity index (χ1) is 11.8. The van der Waals surface area contributed by atoms with Crippen molar-refractivity contribution in [2.75, 3.05) is 32.4 Å². The van der Waals surface area contributed by atoms with E-state index in [1.54, 1.807) is 43.8 Å². The van der Waals surface area contributed by atoms with Crippen LogP contribution in [0.1, 0.15) is 26.7 Å². The highest BCUT2D eigenvalue weighted by atomic mass is 127. The Morgan fingerprint density at radius 1 is 1.31 bits per heavy atom. The Hall–Kier alpha value is -1.10. The number of sulfone groups is 1. The van der Waals surface area contributed by atoms with Gasteiger partial charge in [-0.1, -0.05) is 6.07 Å². The van der Waals surface area contributed by atoms with Crippen LogP contribution in [0.3, 0.4) is 0 Å². The van der Waals surface area contributed by atoms with E-state index in [0.717, 1.165) is 25.3 Å². The molecule has 0 radical (unpaired) electrons. The van der Waals surface area contributed by atoms with Crippen LogP contribution in [0.4, 0.5) is 0 Å². The van der Waals surface area contributed by atoms with Crippen LogP contribution in [-0.2, 0) is 16.4 Å². The van der Waals surface area contributed by atoms with E-state index in [2.05, 4.69) is 10.3 Å². The molecule has 0 bridgehead atoms. The number of aryl methyl sites for hydroxylation is 1. The van der Waals surface area contributed by atoms with Crippen LogP contribution < -0.4 is 10.9 Å². The standard InChI is InChI=1S/C17H28N4O3S.HI/c1-17(2)14-21(12-13-25(17,23)24)16(18-3)19-9-5-7-11-20-10-6-4-8-15(20)22;/h4,6,8,10H,5,7,9,11-14H2,1-3H3,(H,18,19);1H. The van der Waals surface area contributed by atoms with E-state index in [1.165, 1.54) is 0 Å². The Morgan fingerprint density at radius 3 is 2.65 bits per heavy atom. The lowest BCUT2D eigenvalue weighted by Gasteiger charge is -2.39. The number of guanidine groups is 1. The van der Waals surface area contributed by atoms with Crippen molar-refractivity contribution in [2.24, 2.45) is 4.99 Å². The number of aliphatic imine (C=N–C) groups is 1. The summed E-state index contributed by atoms with van der Waals surface area (Å²) in [6.45, 7) is 5.85. The van der Waals surface area contributed by atoms with Gasteiger partial charge in [0.1, 0.15) is 0 Å². The predicted molar refractivity (Wildman–Crippen MR) is 116 cm³/mol. The minimum absolute atomic E-state index is 0. The second-order valence-electron chi connectivity index (χ2n) is 6.91. The Kier molecular flexibility index (Phi) is 8.58. The van der Waals surface area contributed by atoms with Gasteiger partial charge in [-0.25, -0.2) is 8.42 Å². The van der Waals surface area contributed by atoms with Crippen LogP contribution in [0.5, 0.6) is 0 Å². The molecular formula is C17H29IN4O3S. The maximum Gasteiger partial charge on any atom is 0.250 e. The van der Waals surface area contributed by atoms with E-state index in [1.807, 2.05) is 11.0 Å². The van der Waals surface area contributed by atoms with Crippen LogP contribution in [0, 0.1) is 0 Å². The fourth-order valence-corrected chi connectivity index (χ4v) is 4.28. The minimum Gasteiger partial charge on any atom is -0.356 e. The molecule has 0 saturated carbocycles. The minimum atomic E-state index is -3.06. The first kappa shape index (κ1) is 22.9. The number of hydrogen-bond acceptors (Lipinski definition) is 4. The van der Waals surface area contributed by atoms with Crippen molar-refractivity contribution in [1.82, 2.24) is 14.8 Å². The SMILES string of the molecule is CN=C(NCCCCn1ccccc1=O)N1CCS(=O)(=O)C(C)(C)C1.I. The Morgan fingerprint density at radius 2 is 2.04 bits per heavy atom. The van der Waals surface area contributed by atoms with Crippen LogP contribution in [-0.4, -0.2) is 61.0 Å². The molecule has 0 amide bonds. The molecule has 7 nitrogen and oxygen atoms in total. The molecule has 0 aliphatic carbocycles. The van der Waals surface area contributed by atoms with Gasteiger partial charge in [-0.3, -0.25) is 9.79 Å². The molecule has 0 unspecified atom stereocenters. The molecular weight excluding hydrogens is 467 g/mol. The maximum absolute atomic E-state index is 12.1. The zero-order chi connectivity index (χ0) is 18.5. The largest absolute Gasteiger partial charge is 0.356 e. The molecule has 148 valence electrons. The fourth-order valence-electron chi connectivity index (χ4n) is 2.91. The number of halogens is 1. The normalized spacial score (nSPS) is 18.9. The van der Waals surface area contributed by atoms with Crippen LogP contribution >= 0.6 is 24.0 Å². The maximum atomic E-state index is 12.1. The lowest BCUT2D eigenvalue weighted by atomic mass is 10.2. The Labute approximate surface area is 172 Å². The van der Waals surface area contributed by atoms with Crippen molar-refractivity contribution < 1.29 is 8.42 Å². The third-order valence-electron chi connectivity index (χ3n) is 4.56. The summed E-state index contributed by atoms with van der Waals surface area (Å²) in [6.07, 6.45) is 3.58. The quantitative estimate of drug-likeness (QED) is 0.288. The van der Waals surface area contributed by atoms with Gasteiger partial charge in [-0.15, -0.1) is 24.0 Å². The van der Waals surface area contributed by atoms with E-state index in [9.17, 15) is 13.2 Å². The zero-order valence-corrected chi connectivity index (χ0v) is 18.8. The van der Waals surface area contributed by atoms with Crippen molar-refractivity contribution in [3.05, 3.63) is 34.7 Å². The summed E-state index contributed by atoms with van der Waals surface area (Å²) in [7, 11) is -1.35.